The van der Waals surface area contributed by atoms with Crippen LogP contribution in [0.3, 0.4) is 0 Å². The minimum atomic E-state index is -4.44. The molecule has 0 aromatic heterocycles. The summed E-state index contributed by atoms with van der Waals surface area (Å²) in [7, 11) is 0. The first-order valence-corrected chi connectivity index (χ1v) is 7.16. The topological polar surface area (TPSA) is 66.4 Å². The Morgan fingerprint density at radius 1 is 1.04 bits per heavy atom. The lowest BCUT2D eigenvalue weighted by molar-refractivity contribution is -0.146. The number of hydrogen-bond donors (Lipinski definition) is 2. The third kappa shape index (κ3) is 2.83. The Bertz CT molecular complexity index is 666. The second kappa shape index (κ2) is 5.40. The van der Waals surface area contributed by atoms with Gasteiger partial charge in [-0.15, -0.1) is 0 Å². The monoisotopic (exact) mass is 325 g/mol. The number of carboxylic acids is 1. The third-order valence-corrected chi connectivity index (χ3v) is 4.53. The first kappa shape index (κ1) is 15.6. The second-order valence-electron chi connectivity index (χ2n) is 5.90. The summed E-state index contributed by atoms with van der Waals surface area (Å²) in [5.41, 5.74) is -0.583. The van der Waals surface area contributed by atoms with Crippen molar-refractivity contribution in [3.63, 3.8) is 0 Å². The Morgan fingerprint density at radius 3 is 2.13 bits per heavy atom. The zero-order valence-corrected chi connectivity index (χ0v) is 11.9. The van der Waals surface area contributed by atoms with E-state index in [1.54, 1.807) is 0 Å². The average Bonchev–Trinajstić information content (AvgIpc) is 3.07. The van der Waals surface area contributed by atoms with Crippen LogP contribution in [0.25, 0.3) is 0 Å². The van der Waals surface area contributed by atoms with E-state index < -0.39 is 35.5 Å². The van der Waals surface area contributed by atoms with Gasteiger partial charge in [-0.25, -0.2) is 0 Å². The van der Waals surface area contributed by atoms with Gasteiger partial charge < -0.3 is 10.4 Å². The van der Waals surface area contributed by atoms with E-state index in [0.29, 0.717) is 6.42 Å². The van der Waals surface area contributed by atoms with E-state index in [9.17, 15) is 27.9 Å². The number of amides is 1. The molecule has 0 spiro atoms. The molecule has 4 nitrogen and oxygen atoms in total. The van der Waals surface area contributed by atoms with Crippen LogP contribution in [0.1, 0.15) is 12.0 Å². The lowest BCUT2D eigenvalue weighted by atomic mass is 9.82. The molecule has 2 aliphatic carbocycles. The molecule has 7 heteroatoms. The fourth-order valence-corrected chi connectivity index (χ4v) is 3.48. The zero-order chi connectivity index (χ0) is 16.8. The number of hydrogen-bond acceptors (Lipinski definition) is 2. The Balaban J connectivity index is 1.74. The molecule has 4 unspecified atom stereocenters. The summed E-state index contributed by atoms with van der Waals surface area (Å²) in [6.45, 7) is 0. The van der Waals surface area contributed by atoms with Crippen LogP contribution in [0, 0.1) is 23.7 Å². The lowest BCUT2D eigenvalue weighted by Crippen LogP contribution is -2.36. The minimum Gasteiger partial charge on any atom is -0.481 e. The highest BCUT2D eigenvalue weighted by Gasteiger charge is 2.51. The van der Waals surface area contributed by atoms with Crippen molar-refractivity contribution >= 4 is 17.6 Å². The quantitative estimate of drug-likeness (QED) is 0.839. The number of carbonyl (C=O) groups is 2. The minimum absolute atomic E-state index is 0.129. The van der Waals surface area contributed by atoms with E-state index in [1.807, 2.05) is 12.2 Å². The van der Waals surface area contributed by atoms with Gasteiger partial charge in [0.15, 0.2) is 0 Å². The Morgan fingerprint density at radius 2 is 1.61 bits per heavy atom. The molecule has 2 aliphatic rings. The van der Waals surface area contributed by atoms with Crippen LogP contribution in [0.2, 0.25) is 0 Å². The molecule has 2 N–H and O–H groups in total. The SMILES string of the molecule is O=C(O)C1C2C=CC(C2)C1C(=O)Nc1ccc(C(F)(F)F)cc1. The maximum absolute atomic E-state index is 12.5. The number of aliphatic carboxylic acids is 1. The van der Waals surface area contributed by atoms with Gasteiger partial charge in [0.05, 0.1) is 17.4 Å². The maximum Gasteiger partial charge on any atom is 0.416 e. The fraction of sp³-hybridized carbons (Fsp3) is 0.375. The van der Waals surface area contributed by atoms with Gasteiger partial charge in [0.2, 0.25) is 5.91 Å². The third-order valence-electron chi connectivity index (χ3n) is 4.53. The number of fused-ring (bicyclic) bond motifs is 2. The highest BCUT2D eigenvalue weighted by atomic mass is 19.4. The molecule has 3 rings (SSSR count). The van der Waals surface area contributed by atoms with Crippen molar-refractivity contribution in [1.29, 1.82) is 0 Å². The molecule has 0 radical (unpaired) electrons. The number of anilines is 1. The number of rotatable bonds is 3. The van der Waals surface area contributed by atoms with Gasteiger partial charge in [0, 0.05) is 5.69 Å². The van der Waals surface area contributed by atoms with E-state index in [2.05, 4.69) is 5.32 Å². The Labute approximate surface area is 130 Å². The number of carboxylic acid groups (broad SMARTS) is 1. The fourth-order valence-electron chi connectivity index (χ4n) is 3.48. The summed E-state index contributed by atoms with van der Waals surface area (Å²) in [4.78, 5) is 23.7. The van der Waals surface area contributed by atoms with Crippen LogP contribution < -0.4 is 5.32 Å². The van der Waals surface area contributed by atoms with Gasteiger partial charge in [0.25, 0.3) is 0 Å². The van der Waals surface area contributed by atoms with Crippen LogP contribution in [-0.2, 0) is 15.8 Å². The molecule has 2 bridgehead atoms. The predicted molar refractivity (Wildman–Crippen MR) is 75.4 cm³/mol. The molecule has 122 valence electrons. The summed E-state index contributed by atoms with van der Waals surface area (Å²) in [6.07, 6.45) is -0.138. The average molecular weight is 325 g/mol. The van der Waals surface area contributed by atoms with Crippen molar-refractivity contribution in [1.82, 2.24) is 0 Å². The number of alkyl halides is 3. The van der Waals surface area contributed by atoms with E-state index in [-0.39, 0.29) is 17.5 Å². The Kier molecular flexibility index (Phi) is 3.66. The first-order valence-electron chi connectivity index (χ1n) is 7.16. The number of carbonyl (C=O) groups excluding carboxylic acids is 1. The van der Waals surface area contributed by atoms with Crippen LogP contribution in [0.4, 0.5) is 18.9 Å². The number of halogens is 3. The van der Waals surface area contributed by atoms with Crippen molar-refractivity contribution in [2.75, 3.05) is 5.32 Å². The molecule has 0 aliphatic heterocycles. The summed E-state index contributed by atoms with van der Waals surface area (Å²) < 4.78 is 37.5. The van der Waals surface area contributed by atoms with Gasteiger partial charge >= 0.3 is 12.1 Å². The molecular weight excluding hydrogens is 311 g/mol. The van der Waals surface area contributed by atoms with E-state index in [0.717, 1.165) is 12.1 Å². The van der Waals surface area contributed by atoms with Crippen LogP contribution >= 0.6 is 0 Å². The van der Waals surface area contributed by atoms with Crippen LogP contribution in [0.5, 0.6) is 0 Å². The molecule has 4 atom stereocenters. The molecule has 1 saturated carbocycles. The van der Waals surface area contributed by atoms with Crippen LogP contribution in [-0.4, -0.2) is 17.0 Å². The van der Waals surface area contributed by atoms with E-state index >= 15 is 0 Å². The van der Waals surface area contributed by atoms with Crippen molar-refractivity contribution in [3.8, 4) is 0 Å². The summed E-state index contributed by atoms with van der Waals surface area (Å²) in [5, 5.41) is 11.8. The Hall–Kier alpha value is -2.31. The van der Waals surface area contributed by atoms with Crippen molar-refractivity contribution in [2.24, 2.45) is 23.7 Å². The molecular formula is C16H14F3NO3. The molecule has 23 heavy (non-hydrogen) atoms. The summed E-state index contributed by atoms with van der Waals surface area (Å²) in [5.74, 6) is -3.23. The van der Waals surface area contributed by atoms with Gasteiger partial charge in [-0.2, -0.15) is 13.2 Å². The number of allylic oxidation sites excluding steroid dienone is 2. The van der Waals surface area contributed by atoms with Gasteiger partial charge in [0.1, 0.15) is 0 Å². The van der Waals surface area contributed by atoms with E-state index in [1.165, 1.54) is 12.1 Å². The van der Waals surface area contributed by atoms with Crippen molar-refractivity contribution in [3.05, 3.63) is 42.0 Å². The molecule has 1 aromatic carbocycles. The molecule has 1 aromatic rings. The normalized spacial score (nSPS) is 28.8. The maximum atomic E-state index is 12.5. The highest BCUT2D eigenvalue weighted by Crippen LogP contribution is 2.48. The largest absolute Gasteiger partial charge is 0.481 e. The van der Waals surface area contributed by atoms with E-state index in [4.69, 9.17) is 0 Å². The predicted octanol–water partition coefficient (Wildman–Crippen LogP) is 3.17. The lowest BCUT2D eigenvalue weighted by Gasteiger charge is -2.23. The standard InChI is InChI=1S/C16H14F3NO3/c17-16(18,19)10-3-5-11(6-4-10)20-14(21)12-8-1-2-9(7-8)13(12)15(22)23/h1-6,8-9,12-13H,7H2,(H,20,21)(H,22,23). The molecule has 0 saturated heterocycles. The molecule has 0 heterocycles. The zero-order valence-electron chi connectivity index (χ0n) is 11.9. The summed E-state index contributed by atoms with van der Waals surface area (Å²) >= 11 is 0. The van der Waals surface area contributed by atoms with Crippen molar-refractivity contribution < 1.29 is 27.9 Å². The first-order chi connectivity index (χ1) is 10.8. The number of benzene rings is 1. The van der Waals surface area contributed by atoms with Crippen LogP contribution in [0.15, 0.2) is 36.4 Å². The highest BCUT2D eigenvalue weighted by molar-refractivity contribution is 5.96. The second-order valence-corrected chi connectivity index (χ2v) is 5.90. The van der Waals surface area contributed by atoms with Gasteiger partial charge in [-0.05, 0) is 42.5 Å². The molecule has 1 amide bonds. The van der Waals surface area contributed by atoms with Gasteiger partial charge in [-0.3, -0.25) is 9.59 Å². The van der Waals surface area contributed by atoms with Gasteiger partial charge in [-0.1, -0.05) is 12.2 Å². The van der Waals surface area contributed by atoms with Crippen molar-refractivity contribution in [2.45, 2.75) is 12.6 Å². The summed E-state index contributed by atoms with van der Waals surface area (Å²) in [6, 6.07) is 4.09. The smallest absolute Gasteiger partial charge is 0.416 e. The molecule has 1 fully saturated rings. The number of nitrogens with one attached hydrogen (secondary N) is 1.